The molecule has 1 heterocycles. The zero-order valence-corrected chi connectivity index (χ0v) is 12.9. The first-order valence-electron chi connectivity index (χ1n) is 7.40. The molecular formula is C16H20N2O2S. The Morgan fingerprint density at radius 1 is 1.48 bits per heavy atom. The van der Waals surface area contributed by atoms with E-state index in [-0.39, 0.29) is 5.91 Å². The first kappa shape index (κ1) is 14.5. The second-order valence-electron chi connectivity index (χ2n) is 6.12. The second-order valence-corrected chi connectivity index (χ2v) is 7.01. The Morgan fingerprint density at radius 3 is 3.00 bits per heavy atom. The Morgan fingerprint density at radius 2 is 2.24 bits per heavy atom. The van der Waals surface area contributed by atoms with Crippen molar-refractivity contribution in [2.75, 3.05) is 6.54 Å². The third-order valence-corrected chi connectivity index (χ3v) is 5.17. The number of carbonyl (C=O) groups excluding carboxylic acids is 1. The third kappa shape index (κ3) is 3.24. The summed E-state index contributed by atoms with van der Waals surface area (Å²) in [7, 11) is 0. The lowest BCUT2D eigenvalue weighted by molar-refractivity contribution is -0.00539. The fourth-order valence-corrected chi connectivity index (χ4v) is 3.54. The van der Waals surface area contributed by atoms with Crippen molar-refractivity contribution >= 4 is 27.5 Å². The fourth-order valence-electron chi connectivity index (χ4n) is 2.82. The number of nitrogens with one attached hydrogen (secondary N) is 1. The van der Waals surface area contributed by atoms with Crippen molar-refractivity contribution < 1.29 is 9.90 Å². The predicted octanol–water partition coefficient (Wildman–Crippen LogP) is 2.97. The van der Waals surface area contributed by atoms with Gasteiger partial charge in [-0.3, -0.25) is 4.79 Å². The van der Waals surface area contributed by atoms with Gasteiger partial charge in [0.15, 0.2) is 0 Å². The van der Waals surface area contributed by atoms with Crippen molar-refractivity contribution in [3.63, 3.8) is 0 Å². The van der Waals surface area contributed by atoms with Crippen molar-refractivity contribution in [3.8, 4) is 0 Å². The van der Waals surface area contributed by atoms with Gasteiger partial charge in [0.1, 0.15) is 0 Å². The normalized spacial score (nSPS) is 25.9. The van der Waals surface area contributed by atoms with E-state index in [0.717, 1.165) is 35.9 Å². The average molecular weight is 304 g/mol. The smallest absolute Gasteiger partial charge is 0.251 e. The van der Waals surface area contributed by atoms with Gasteiger partial charge in [0, 0.05) is 12.1 Å². The highest BCUT2D eigenvalue weighted by atomic mass is 32.1. The van der Waals surface area contributed by atoms with Crippen LogP contribution in [0.5, 0.6) is 0 Å². The van der Waals surface area contributed by atoms with Crippen LogP contribution in [0.4, 0.5) is 0 Å². The number of fused-ring (bicyclic) bond motifs is 1. The summed E-state index contributed by atoms with van der Waals surface area (Å²) in [6, 6.07) is 5.50. The Hall–Kier alpha value is -1.46. The fraction of sp³-hybridized carbons (Fsp3) is 0.500. The van der Waals surface area contributed by atoms with Crippen molar-refractivity contribution in [3.05, 3.63) is 29.3 Å². The minimum Gasteiger partial charge on any atom is -0.388 e. The first-order valence-corrected chi connectivity index (χ1v) is 8.28. The number of aliphatic hydroxyl groups is 1. The van der Waals surface area contributed by atoms with Crippen molar-refractivity contribution in [2.45, 2.75) is 38.2 Å². The van der Waals surface area contributed by atoms with Gasteiger partial charge in [0.25, 0.3) is 5.91 Å². The summed E-state index contributed by atoms with van der Waals surface area (Å²) < 4.78 is 1.01. The summed E-state index contributed by atoms with van der Waals surface area (Å²) in [6.45, 7) is 2.54. The molecule has 3 rings (SSSR count). The molecule has 1 aromatic heterocycles. The van der Waals surface area contributed by atoms with E-state index in [1.54, 1.807) is 11.6 Å². The molecule has 1 saturated carbocycles. The number of carbonyl (C=O) groups is 1. The maximum Gasteiger partial charge on any atom is 0.251 e. The molecule has 0 spiro atoms. The molecule has 0 aliphatic heterocycles. The van der Waals surface area contributed by atoms with Crippen LogP contribution >= 0.6 is 11.3 Å². The maximum absolute atomic E-state index is 12.2. The van der Waals surface area contributed by atoms with E-state index in [1.807, 2.05) is 12.1 Å². The molecule has 112 valence electrons. The zero-order chi connectivity index (χ0) is 14.9. The van der Waals surface area contributed by atoms with E-state index in [1.165, 1.54) is 11.3 Å². The van der Waals surface area contributed by atoms with Crippen molar-refractivity contribution in [1.29, 1.82) is 0 Å². The summed E-state index contributed by atoms with van der Waals surface area (Å²) in [5.74, 6) is 0.548. The van der Waals surface area contributed by atoms with Crippen LogP contribution in [-0.2, 0) is 0 Å². The predicted molar refractivity (Wildman–Crippen MR) is 84.5 cm³/mol. The molecule has 1 amide bonds. The van der Waals surface area contributed by atoms with Crippen LogP contribution in [0.1, 0.15) is 43.0 Å². The second kappa shape index (κ2) is 5.73. The van der Waals surface area contributed by atoms with Gasteiger partial charge in [-0.25, -0.2) is 4.98 Å². The van der Waals surface area contributed by atoms with E-state index in [2.05, 4.69) is 17.2 Å². The molecule has 0 bridgehead atoms. The molecule has 1 aliphatic carbocycles. The number of benzene rings is 1. The molecule has 0 saturated heterocycles. The standard InChI is InChI=1S/C16H20N2O2S/c1-11-4-6-16(20,7-5-11)9-17-15(19)12-2-3-13-14(8-12)21-10-18-13/h2-3,8,10-11,20H,4-7,9H2,1H3,(H,17,19). The van der Waals surface area contributed by atoms with Crippen LogP contribution in [0, 0.1) is 5.92 Å². The maximum atomic E-state index is 12.2. The Balaban J connectivity index is 1.63. The van der Waals surface area contributed by atoms with Gasteiger partial charge in [0.05, 0.1) is 21.3 Å². The third-order valence-electron chi connectivity index (χ3n) is 4.38. The molecule has 2 N–H and O–H groups in total. The monoisotopic (exact) mass is 304 g/mol. The van der Waals surface area contributed by atoms with Crippen LogP contribution in [0.2, 0.25) is 0 Å². The molecule has 21 heavy (non-hydrogen) atoms. The van der Waals surface area contributed by atoms with Gasteiger partial charge >= 0.3 is 0 Å². The molecule has 0 atom stereocenters. The molecule has 2 aromatic rings. The van der Waals surface area contributed by atoms with E-state index >= 15 is 0 Å². The van der Waals surface area contributed by atoms with Gasteiger partial charge in [-0.2, -0.15) is 0 Å². The minimum atomic E-state index is -0.739. The quantitative estimate of drug-likeness (QED) is 0.916. The number of amides is 1. The van der Waals surface area contributed by atoms with Crippen LogP contribution < -0.4 is 5.32 Å². The highest BCUT2D eigenvalue weighted by molar-refractivity contribution is 7.16. The molecule has 1 fully saturated rings. The Labute approximate surface area is 128 Å². The molecule has 1 aromatic carbocycles. The number of hydrogen-bond acceptors (Lipinski definition) is 4. The molecule has 5 heteroatoms. The van der Waals surface area contributed by atoms with Gasteiger partial charge in [-0.05, 0) is 49.8 Å². The minimum absolute atomic E-state index is 0.127. The van der Waals surface area contributed by atoms with Crippen molar-refractivity contribution in [1.82, 2.24) is 10.3 Å². The molecule has 0 radical (unpaired) electrons. The van der Waals surface area contributed by atoms with Crippen molar-refractivity contribution in [2.24, 2.45) is 5.92 Å². The first-order chi connectivity index (χ1) is 10.1. The summed E-state index contributed by atoms with van der Waals surface area (Å²) in [5.41, 5.74) is 2.57. The Kier molecular flexibility index (Phi) is 3.95. The van der Waals surface area contributed by atoms with E-state index in [0.29, 0.717) is 18.0 Å². The van der Waals surface area contributed by atoms with E-state index in [9.17, 15) is 9.90 Å². The number of nitrogens with zero attached hydrogens (tertiary/aromatic N) is 1. The number of thiazole rings is 1. The molecule has 1 aliphatic rings. The van der Waals surface area contributed by atoms with Crippen LogP contribution in [0.3, 0.4) is 0 Å². The largest absolute Gasteiger partial charge is 0.388 e. The lowest BCUT2D eigenvalue weighted by Gasteiger charge is -2.34. The number of aromatic nitrogens is 1. The zero-order valence-electron chi connectivity index (χ0n) is 12.1. The Bertz CT molecular complexity index is 645. The summed E-state index contributed by atoms with van der Waals surface area (Å²) in [6.07, 6.45) is 3.59. The summed E-state index contributed by atoms with van der Waals surface area (Å²) >= 11 is 1.52. The van der Waals surface area contributed by atoms with Crippen LogP contribution in [0.15, 0.2) is 23.7 Å². The van der Waals surface area contributed by atoms with Gasteiger partial charge < -0.3 is 10.4 Å². The van der Waals surface area contributed by atoms with Gasteiger partial charge in [-0.15, -0.1) is 11.3 Å². The molecule has 0 unspecified atom stereocenters. The molecular weight excluding hydrogens is 284 g/mol. The van der Waals surface area contributed by atoms with Crippen LogP contribution in [0.25, 0.3) is 10.2 Å². The average Bonchev–Trinajstić information content (AvgIpc) is 2.96. The number of rotatable bonds is 3. The highest BCUT2D eigenvalue weighted by Crippen LogP contribution is 2.31. The summed E-state index contributed by atoms with van der Waals surface area (Å²) in [4.78, 5) is 16.4. The number of hydrogen-bond donors (Lipinski definition) is 2. The van der Waals surface area contributed by atoms with Crippen LogP contribution in [-0.4, -0.2) is 28.1 Å². The lowest BCUT2D eigenvalue weighted by Crippen LogP contribution is -2.45. The van der Waals surface area contributed by atoms with Gasteiger partial charge in [0.2, 0.25) is 0 Å². The summed E-state index contributed by atoms with van der Waals surface area (Å²) in [5, 5.41) is 13.4. The van der Waals surface area contributed by atoms with E-state index < -0.39 is 5.60 Å². The SMILES string of the molecule is CC1CCC(O)(CNC(=O)c2ccc3ncsc3c2)CC1. The topological polar surface area (TPSA) is 62.2 Å². The molecule has 4 nitrogen and oxygen atoms in total. The lowest BCUT2D eigenvalue weighted by atomic mass is 9.79. The van der Waals surface area contributed by atoms with E-state index in [4.69, 9.17) is 0 Å². The highest BCUT2D eigenvalue weighted by Gasteiger charge is 2.32. The van der Waals surface area contributed by atoms with Gasteiger partial charge in [-0.1, -0.05) is 6.92 Å².